The molecule has 54 valence electrons. The molecular formula is C4H9IN2O2. The monoisotopic (exact) mass is 244 g/mol. The summed E-state index contributed by atoms with van der Waals surface area (Å²) in [5.41, 5.74) is 2.19. The number of hydrogen-bond donors (Lipinski definition) is 3. The van der Waals surface area contributed by atoms with Crippen LogP contribution in [0.3, 0.4) is 0 Å². The van der Waals surface area contributed by atoms with Crippen LogP contribution in [-0.4, -0.2) is 21.0 Å². The molecule has 0 heterocycles. The van der Waals surface area contributed by atoms with Crippen molar-refractivity contribution in [3.8, 4) is 0 Å². The Morgan fingerprint density at radius 1 is 1.89 bits per heavy atom. The molecule has 0 aromatic carbocycles. The van der Waals surface area contributed by atoms with Gasteiger partial charge in [-0.3, -0.25) is 10.6 Å². The van der Waals surface area contributed by atoms with E-state index in [4.69, 9.17) is 10.9 Å². The van der Waals surface area contributed by atoms with Crippen LogP contribution in [0.25, 0.3) is 0 Å². The largest absolute Gasteiger partial charge is 0.391 e. The quantitative estimate of drug-likeness (QED) is 0.262. The summed E-state index contributed by atoms with van der Waals surface area (Å²) in [7, 11) is 0. The standard InChI is InChI=1S/C4H9IN2O2/c1-2(8)3(7-6)4(5)9/h2-3,7-8H,6H2,1H3/t2-,3+/m1/s1. The molecule has 0 fully saturated rings. The zero-order valence-corrected chi connectivity index (χ0v) is 7.12. The first-order valence-electron chi connectivity index (χ1n) is 2.43. The SMILES string of the molecule is C[C@@H](O)[C@H](NN)C(=O)I. The summed E-state index contributed by atoms with van der Waals surface area (Å²) in [6, 6.07) is -0.648. The van der Waals surface area contributed by atoms with Gasteiger partial charge < -0.3 is 5.11 Å². The van der Waals surface area contributed by atoms with Gasteiger partial charge in [0.25, 0.3) is 0 Å². The summed E-state index contributed by atoms with van der Waals surface area (Å²) in [5, 5.41) is 8.81. The zero-order valence-electron chi connectivity index (χ0n) is 4.97. The molecule has 5 heteroatoms. The van der Waals surface area contributed by atoms with Crippen molar-refractivity contribution in [3.63, 3.8) is 0 Å². The lowest BCUT2D eigenvalue weighted by atomic mass is 10.2. The number of nitrogens with one attached hydrogen (secondary N) is 1. The van der Waals surface area contributed by atoms with Gasteiger partial charge in [-0.25, -0.2) is 5.43 Å². The summed E-state index contributed by atoms with van der Waals surface area (Å²) >= 11 is 1.58. The number of aliphatic hydroxyl groups excluding tert-OH is 1. The third-order valence-electron chi connectivity index (χ3n) is 0.906. The Hall–Kier alpha value is 0.280. The molecular weight excluding hydrogens is 235 g/mol. The summed E-state index contributed by atoms with van der Waals surface area (Å²) in [4.78, 5) is 10.5. The number of carbonyl (C=O) groups excluding carboxylic acids is 1. The van der Waals surface area contributed by atoms with Gasteiger partial charge in [-0.05, 0) is 6.92 Å². The van der Waals surface area contributed by atoms with Crippen molar-refractivity contribution in [1.82, 2.24) is 5.43 Å². The average Bonchev–Trinajstić information content (AvgIpc) is 1.64. The van der Waals surface area contributed by atoms with Crippen LogP contribution >= 0.6 is 22.6 Å². The topological polar surface area (TPSA) is 75.3 Å². The van der Waals surface area contributed by atoms with Crippen LogP contribution < -0.4 is 11.3 Å². The van der Waals surface area contributed by atoms with Crippen molar-refractivity contribution in [2.24, 2.45) is 5.84 Å². The number of hydrogen-bond acceptors (Lipinski definition) is 4. The summed E-state index contributed by atoms with van der Waals surface area (Å²) in [5.74, 6) is 4.94. The molecule has 0 aliphatic rings. The molecule has 0 radical (unpaired) electrons. The molecule has 0 saturated heterocycles. The predicted molar refractivity (Wildman–Crippen MR) is 41.8 cm³/mol. The van der Waals surface area contributed by atoms with E-state index in [1.165, 1.54) is 6.92 Å². The van der Waals surface area contributed by atoms with E-state index in [2.05, 4.69) is 5.43 Å². The molecule has 2 atom stereocenters. The van der Waals surface area contributed by atoms with E-state index >= 15 is 0 Å². The van der Waals surface area contributed by atoms with Crippen molar-refractivity contribution in [3.05, 3.63) is 0 Å². The predicted octanol–water partition coefficient (Wildman–Crippen LogP) is -0.839. The molecule has 0 aromatic rings. The summed E-state index contributed by atoms with van der Waals surface area (Å²) < 4.78 is -0.190. The number of halogens is 1. The Morgan fingerprint density at radius 3 is 2.33 bits per heavy atom. The fraction of sp³-hybridized carbons (Fsp3) is 0.750. The van der Waals surface area contributed by atoms with Gasteiger partial charge >= 0.3 is 0 Å². The second-order valence-corrected chi connectivity index (χ2v) is 2.75. The van der Waals surface area contributed by atoms with Crippen LogP contribution in [0.1, 0.15) is 6.92 Å². The van der Waals surface area contributed by atoms with Gasteiger partial charge in [0.1, 0.15) is 6.04 Å². The van der Waals surface area contributed by atoms with Crippen LogP contribution in [0, 0.1) is 0 Å². The first kappa shape index (κ1) is 9.28. The molecule has 0 amide bonds. The normalized spacial score (nSPS) is 16.9. The number of nitrogens with two attached hydrogens (primary N) is 1. The van der Waals surface area contributed by atoms with Crippen molar-refractivity contribution in [2.45, 2.75) is 19.1 Å². The highest BCUT2D eigenvalue weighted by Crippen LogP contribution is 1.98. The van der Waals surface area contributed by atoms with E-state index < -0.39 is 12.1 Å². The van der Waals surface area contributed by atoms with Crippen molar-refractivity contribution in [1.29, 1.82) is 0 Å². The lowest BCUT2D eigenvalue weighted by Crippen LogP contribution is -2.46. The van der Waals surface area contributed by atoms with E-state index in [-0.39, 0.29) is 3.79 Å². The molecule has 0 aliphatic heterocycles. The van der Waals surface area contributed by atoms with E-state index in [9.17, 15) is 4.79 Å². The fourth-order valence-corrected chi connectivity index (χ4v) is 1.09. The maximum absolute atomic E-state index is 10.5. The van der Waals surface area contributed by atoms with Crippen molar-refractivity contribution < 1.29 is 9.90 Å². The van der Waals surface area contributed by atoms with E-state index in [1.54, 1.807) is 22.6 Å². The van der Waals surface area contributed by atoms with Crippen LogP contribution in [-0.2, 0) is 4.79 Å². The highest BCUT2D eigenvalue weighted by atomic mass is 127. The zero-order chi connectivity index (χ0) is 7.44. The number of aliphatic hydroxyl groups is 1. The molecule has 4 nitrogen and oxygen atoms in total. The van der Waals surface area contributed by atoms with Crippen LogP contribution in [0.5, 0.6) is 0 Å². The second-order valence-electron chi connectivity index (χ2n) is 1.69. The minimum atomic E-state index is -0.737. The van der Waals surface area contributed by atoms with E-state index in [0.29, 0.717) is 0 Å². The maximum atomic E-state index is 10.5. The van der Waals surface area contributed by atoms with Crippen LogP contribution in [0.4, 0.5) is 0 Å². The van der Waals surface area contributed by atoms with Gasteiger partial charge in [0.05, 0.1) is 6.10 Å². The van der Waals surface area contributed by atoms with E-state index in [1.807, 2.05) is 0 Å². The third-order valence-corrected chi connectivity index (χ3v) is 1.58. The fourth-order valence-electron chi connectivity index (χ4n) is 0.394. The lowest BCUT2D eigenvalue weighted by molar-refractivity contribution is -0.113. The number of carbonyl (C=O) groups is 1. The molecule has 0 aromatic heterocycles. The Morgan fingerprint density at radius 2 is 2.33 bits per heavy atom. The maximum Gasteiger partial charge on any atom is 0.213 e. The second kappa shape index (κ2) is 4.15. The average molecular weight is 244 g/mol. The summed E-state index contributed by atoms with van der Waals surface area (Å²) in [6.07, 6.45) is -0.737. The summed E-state index contributed by atoms with van der Waals surface area (Å²) in [6.45, 7) is 1.50. The number of hydrazine groups is 1. The molecule has 9 heavy (non-hydrogen) atoms. The molecule has 0 rings (SSSR count). The van der Waals surface area contributed by atoms with Gasteiger partial charge in [0, 0.05) is 22.6 Å². The molecule has 0 aliphatic carbocycles. The minimum absolute atomic E-state index is 0.190. The molecule has 4 N–H and O–H groups in total. The molecule has 0 bridgehead atoms. The number of rotatable bonds is 3. The smallest absolute Gasteiger partial charge is 0.213 e. The van der Waals surface area contributed by atoms with Crippen molar-refractivity contribution >= 4 is 26.4 Å². The molecule has 0 unspecified atom stereocenters. The molecule has 0 spiro atoms. The molecule has 0 saturated carbocycles. The van der Waals surface area contributed by atoms with Gasteiger partial charge in [0.2, 0.25) is 3.79 Å². The third kappa shape index (κ3) is 3.09. The van der Waals surface area contributed by atoms with Gasteiger partial charge in [-0.15, -0.1) is 0 Å². The van der Waals surface area contributed by atoms with E-state index in [0.717, 1.165) is 0 Å². The lowest BCUT2D eigenvalue weighted by Gasteiger charge is -2.13. The Kier molecular flexibility index (Phi) is 4.28. The highest BCUT2D eigenvalue weighted by molar-refractivity contribution is 14.1. The first-order valence-corrected chi connectivity index (χ1v) is 3.51. The Balaban J connectivity index is 3.83. The van der Waals surface area contributed by atoms with Crippen LogP contribution in [0.2, 0.25) is 0 Å². The van der Waals surface area contributed by atoms with Crippen molar-refractivity contribution in [2.75, 3.05) is 0 Å². The van der Waals surface area contributed by atoms with Gasteiger partial charge in [-0.2, -0.15) is 0 Å². The Labute approximate surface area is 66.9 Å². The first-order chi connectivity index (χ1) is 4.09. The Bertz CT molecular complexity index is 107. The minimum Gasteiger partial charge on any atom is -0.391 e. The van der Waals surface area contributed by atoms with Gasteiger partial charge in [0.15, 0.2) is 0 Å². The van der Waals surface area contributed by atoms with Crippen LogP contribution in [0.15, 0.2) is 0 Å². The van der Waals surface area contributed by atoms with Gasteiger partial charge in [-0.1, -0.05) is 0 Å². The highest BCUT2D eigenvalue weighted by Gasteiger charge is 2.18.